The van der Waals surface area contributed by atoms with E-state index in [4.69, 9.17) is 6.42 Å². The van der Waals surface area contributed by atoms with Gasteiger partial charge in [-0.2, -0.15) is 0 Å². The van der Waals surface area contributed by atoms with Crippen molar-refractivity contribution in [2.45, 2.75) is 19.8 Å². The van der Waals surface area contributed by atoms with Gasteiger partial charge in [0, 0.05) is 13.1 Å². The number of aromatic nitrogens is 3. The fourth-order valence-corrected chi connectivity index (χ4v) is 3.47. The summed E-state index contributed by atoms with van der Waals surface area (Å²) in [6.45, 7) is 1.28. The topological polar surface area (TPSA) is 108 Å². The largest absolute Gasteiger partial charge is 0.465 e. The molecule has 2 N–H and O–H groups in total. The molecule has 0 saturated heterocycles. The van der Waals surface area contributed by atoms with Crippen LogP contribution in [0.3, 0.4) is 0 Å². The maximum Gasteiger partial charge on any atom is 0.415 e. The molecule has 0 atom stereocenters. The highest BCUT2D eigenvalue weighted by Crippen LogP contribution is 2.38. The van der Waals surface area contributed by atoms with Gasteiger partial charge < -0.3 is 10.4 Å². The van der Waals surface area contributed by atoms with E-state index in [0.717, 1.165) is 21.0 Å². The molecule has 2 amide bonds. The van der Waals surface area contributed by atoms with Crippen LogP contribution in [0.1, 0.15) is 18.2 Å². The standard InChI is InChI=1S/C15H13N5O3S/c1-3-6-20(15(22)23)13-16-7-9-4-5-10-12(11(9)19-13)24-14(18-10)17-8(2)21/h1,7H,4-6H2,2H3,(H,22,23)(H,17,18,21). The lowest BCUT2D eigenvalue weighted by atomic mass is 10.00. The van der Waals surface area contributed by atoms with E-state index >= 15 is 0 Å². The van der Waals surface area contributed by atoms with E-state index in [1.54, 1.807) is 6.20 Å². The van der Waals surface area contributed by atoms with Crippen LogP contribution >= 0.6 is 11.3 Å². The lowest BCUT2D eigenvalue weighted by Crippen LogP contribution is -2.31. The van der Waals surface area contributed by atoms with E-state index in [2.05, 4.69) is 26.2 Å². The molecule has 8 nitrogen and oxygen atoms in total. The molecule has 0 aromatic carbocycles. The molecular formula is C15H13N5O3S. The quantitative estimate of drug-likeness (QED) is 0.822. The fourth-order valence-electron chi connectivity index (χ4n) is 2.39. The lowest BCUT2D eigenvalue weighted by molar-refractivity contribution is -0.114. The van der Waals surface area contributed by atoms with E-state index in [-0.39, 0.29) is 18.4 Å². The minimum absolute atomic E-state index is 0.0292. The first-order valence-electron chi connectivity index (χ1n) is 7.07. The maximum absolute atomic E-state index is 11.3. The van der Waals surface area contributed by atoms with Gasteiger partial charge in [-0.3, -0.25) is 4.79 Å². The number of nitrogens with zero attached hydrogens (tertiary/aromatic N) is 4. The van der Waals surface area contributed by atoms with Crippen molar-refractivity contribution in [3.8, 4) is 22.9 Å². The van der Waals surface area contributed by atoms with Crippen LogP contribution in [0.4, 0.5) is 15.9 Å². The molecule has 2 heterocycles. The highest BCUT2D eigenvalue weighted by Gasteiger charge is 2.25. The molecular weight excluding hydrogens is 330 g/mol. The second-order valence-electron chi connectivity index (χ2n) is 5.09. The Morgan fingerprint density at radius 2 is 2.25 bits per heavy atom. The zero-order valence-electron chi connectivity index (χ0n) is 12.7. The molecule has 24 heavy (non-hydrogen) atoms. The predicted molar refractivity (Wildman–Crippen MR) is 89.1 cm³/mol. The van der Waals surface area contributed by atoms with Gasteiger partial charge in [-0.1, -0.05) is 17.3 Å². The van der Waals surface area contributed by atoms with Gasteiger partial charge in [0.1, 0.15) is 0 Å². The predicted octanol–water partition coefficient (Wildman–Crippen LogP) is 1.77. The Balaban J connectivity index is 2.04. The number of hydrogen-bond acceptors (Lipinski definition) is 6. The van der Waals surface area contributed by atoms with E-state index in [1.165, 1.54) is 18.3 Å². The van der Waals surface area contributed by atoms with Crippen LogP contribution in [0.5, 0.6) is 0 Å². The number of fused-ring (bicyclic) bond motifs is 3. The Bertz CT molecular complexity index is 870. The van der Waals surface area contributed by atoms with Gasteiger partial charge in [0.15, 0.2) is 5.13 Å². The Hall–Kier alpha value is -2.99. The summed E-state index contributed by atoms with van der Waals surface area (Å²) in [6.07, 6.45) is 7.03. The van der Waals surface area contributed by atoms with Crippen LogP contribution < -0.4 is 10.2 Å². The summed E-state index contributed by atoms with van der Waals surface area (Å²) in [5, 5.41) is 12.4. The van der Waals surface area contributed by atoms with Crippen molar-refractivity contribution in [1.82, 2.24) is 15.0 Å². The summed E-state index contributed by atoms with van der Waals surface area (Å²) in [6, 6.07) is 0. The van der Waals surface area contributed by atoms with Crippen molar-refractivity contribution in [2.24, 2.45) is 0 Å². The number of thiazole rings is 1. The van der Waals surface area contributed by atoms with Gasteiger partial charge in [0.05, 0.1) is 22.8 Å². The summed E-state index contributed by atoms with van der Waals surface area (Å²) >= 11 is 1.31. The Labute approximate surface area is 141 Å². The second-order valence-corrected chi connectivity index (χ2v) is 6.09. The summed E-state index contributed by atoms with van der Waals surface area (Å²) in [5.41, 5.74) is 2.38. The minimum atomic E-state index is -1.22. The number of carbonyl (C=O) groups excluding carboxylic acids is 1. The van der Waals surface area contributed by atoms with Gasteiger partial charge in [-0.15, -0.1) is 6.42 Å². The van der Waals surface area contributed by atoms with Gasteiger partial charge in [0.25, 0.3) is 0 Å². The van der Waals surface area contributed by atoms with Gasteiger partial charge in [0.2, 0.25) is 11.9 Å². The van der Waals surface area contributed by atoms with Crippen molar-refractivity contribution in [3.63, 3.8) is 0 Å². The molecule has 0 aliphatic heterocycles. The highest BCUT2D eigenvalue weighted by molar-refractivity contribution is 7.19. The summed E-state index contributed by atoms with van der Waals surface area (Å²) in [7, 11) is 0. The number of nitrogens with one attached hydrogen (secondary N) is 1. The third-order valence-electron chi connectivity index (χ3n) is 3.40. The number of terminal acetylenes is 1. The molecule has 2 aromatic rings. The monoisotopic (exact) mass is 343 g/mol. The van der Waals surface area contributed by atoms with Crippen molar-refractivity contribution in [3.05, 3.63) is 17.5 Å². The molecule has 0 unspecified atom stereocenters. The van der Waals surface area contributed by atoms with Crippen molar-refractivity contribution in [1.29, 1.82) is 0 Å². The molecule has 0 radical (unpaired) electrons. The van der Waals surface area contributed by atoms with Crippen LogP contribution in [0, 0.1) is 12.3 Å². The third-order valence-corrected chi connectivity index (χ3v) is 4.42. The van der Waals surface area contributed by atoms with Crippen molar-refractivity contribution >= 4 is 34.4 Å². The Kier molecular flexibility index (Phi) is 4.14. The molecule has 2 aromatic heterocycles. The van der Waals surface area contributed by atoms with E-state index in [9.17, 15) is 14.7 Å². The molecule has 3 rings (SSSR count). The van der Waals surface area contributed by atoms with Crippen LogP contribution in [0.15, 0.2) is 6.20 Å². The number of rotatable bonds is 3. The zero-order valence-corrected chi connectivity index (χ0v) is 13.6. The molecule has 0 bridgehead atoms. The molecule has 0 spiro atoms. The minimum Gasteiger partial charge on any atom is -0.465 e. The van der Waals surface area contributed by atoms with Crippen LogP contribution in [-0.2, 0) is 17.6 Å². The molecule has 9 heteroatoms. The molecule has 122 valence electrons. The Morgan fingerprint density at radius 1 is 1.46 bits per heavy atom. The number of anilines is 2. The van der Waals surface area contributed by atoms with Crippen molar-refractivity contribution < 1.29 is 14.7 Å². The van der Waals surface area contributed by atoms with E-state index in [1.807, 2.05) is 0 Å². The fraction of sp³-hybridized carbons (Fsp3) is 0.267. The van der Waals surface area contributed by atoms with Gasteiger partial charge in [-0.05, 0) is 18.4 Å². The number of carbonyl (C=O) groups is 2. The number of aryl methyl sites for hydroxylation is 2. The average Bonchev–Trinajstić information content (AvgIpc) is 2.93. The van der Waals surface area contributed by atoms with Crippen LogP contribution in [-0.4, -0.2) is 38.6 Å². The molecule has 0 fully saturated rings. The summed E-state index contributed by atoms with van der Waals surface area (Å²) in [5.74, 6) is 2.11. The number of hydrogen-bond donors (Lipinski definition) is 2. The summed E-state index contributed by atoms with van der Waals surface area (Å²) < 4.78 is 0. The molecule has 1 aliphatic rings. The SMILES string of the molecule is C#CCN(C(=O)O)c1ncc2c(n1)-c1sc(NC(C)=O)nc1CC2. The molecule has 0 saturated carbocycles. The van der Waals surface area contributed by atoms with Crippen molar-refractivity contribution in [2.75, 3.05) is 16.8 Å². The van der Waals surface area contributed by atoms with E-state index < -0.39 is 6.09 Å². The zero-order chi connectivity index (χ0) is 17.3. The first-order chi connectivity index (χ1) is 11.5. The van der Waals surface area contributed by atoms with Crippen LogP contribution in [0.25, 0.3) is 10.6 Å². The van der Waals surface area contributed by atoms with Crippen LogP contribution in [0.2, 0.25) is 0 Å². The van der Waals surface area contributed by atoms with Gasteiger partial charge >= 0.3 is 6.09 Å². The summed E-state index contributed by atoms with van der Waals surface area (Å²) in [4.78, 5) is 37.1. The number of amides is 2. The lowest BCUT2D eigenvalue weighted by Gasteiger charge is -2.18. The maximum atomic E-state index is 11.3. The highest BCUT2D eigenvalue weighted by atomic mass is 32.1. The smallest absolute Gasteiger partial charge is 0.415 e. The number of carboxylic acid groups (broad SMARTS) is 1. The van der Waals surface area contributed by atoms with Gasteiger partial charge in [-0.25, -0.2) is 24.6 Å². The first-order valence-corrected chi connectivity index (χ1v) is 7.88. The van der Waals surface area contributed by atoms with E-state index in [0.29, 0.717) is 23.7 Å². The third kappa shape index (κ3) is 2.91. The average molecular weight is 343 g/mol. The Morgan fingerprint density at radius 3 is 2.92 bits per heavy atom. The molecule has 1 aliphatic carbocycles. The first kappa shape index (κ1) is 15.9. The second kappa shape index (κ2) is 6.25. The normalized spacial score (nSPS) is 11.8.